The summed E-state index contributed by atoms with van der Waals surface area (Å²) in [5.41, 5.74) is 4.08. The minimum atomic E-state index is -0.400. The van der Waals surface area contributed by atoms with Gasteiger partial charge in [-0.2, -0.15) is 0 Å². The fourth-order valence-electron chi connectivity index (χ4n) is 3.84. The summed E-state index contributed by atoms with van der Waals surface area (Å²) in [6.07, 6.45) is 1.88. The Morgan fingerprint density at radius 3 is 2.41 bits per heavy atom. The van der Waals surface area contributed by atoms with E-state index in [-0.39, 0.29) is 11.8 Å². The first-order valence-electron chi connectivity index (χ1n) is 8.82. The molecule has 5 heteroatoms. The second kappa shape index (κ2) is 6.43. The van der Waals surface area contributed by atoms with Crippen LogP contribution in [0.2, 0.25) is 0 Å². The molecular formula is C22H20N2O3. The number of carbonyl (C=O) groups excluding carboxylic acids is 2. The smallest absolute Gasteiger partial charge is 0.354 e. The first kappa shape index (κ1) is 17.1. The van der Waals surface area contributed by atoms with Gasteiger partial charge in [-0.1, -0.05) is 43.3 Å². The number of fused-ring (bicyclic) bond motifs is 2. The number of ether oxygens (including phenoxy) is 1. The van der Waals surface area contributed by atoms with Crippen LogP contribution < -0.4 is 0 Å². The highest BCUT2D eigenvalue weighted by Gasteiger charge is 2.26. The van der Waals surface area contributed by atoms with Crippen molar-refractivity contribution >= 4 is 33.7 Å². The first-order chi connectivity index (χ1) is 13.0. The van der Waals surface area contributed by atoms with E-state index >= 15 is 0 Å². The number of methoxy groups -OCH3 is 1. The lowest BCUT2D eigenvalue weighted by Gasteiger charge is -2.12. The van der Waals surface area contributed by atoms with Gasteiger partial charge in [0.05, 0.1) is 12.6 Å². The van der Waals surface area contributed by atoms with E-state index in [4.69, 9.17) is 4.74 Å². The third-order valence-corrected chi connectivity index (χ3v) is 5.12. The van der Waals surface area contributed by atoms with Crippen molar-refractivity contribution in [3.63, 3.8) is 0 Å². The van der Waals surface area contributed by atoms with Gasteiger partial charge in [0.1, 0.15) is 5.69 Å². The number of H-pyrrole nitrogens is 1. The number of aromatic amines is 1. The summed E-state index contributed by atoms with van der Waals surface area (Å²) in [7, 11) is 1.38. The number of hydrogen-bond donors (Lipinski definition) is 1. The molecular weight excluding hydrogens is 340 g/mol. The van der Waals surface area contributed by atoms with Crippen molar-refractivity contribution in [3.8, 4) is 0 Å². The van der Waals surface area contributed by atoms with Gasteiger partial charge >= 0.3 is 5.97 Å². The van der Waals surface area contributed by atoms with Crippen molar-refractivity contribution in [2.24, 2.45) is 0 Å². The topological polar surface area (TPSA) is 64.1 Å². The summed E-state index contributed by atoms with van der Waals surface area (Å²) in [5.74, 6) is -0.555. The molecule has 0 saturated carbocycles. The van der Waals surface area contributed by atoms with Crippen LogP contribution in [-0.2, 0) is 4.74 Å². The molecule has 0 fully saturated rings. The van der Waals surface area contributed by atoms with Gasteiger partial charge in [-0.05, 0) is 23.3 Å². The van der Waals surface area contributed by atoms with Crippen molar-refractivity contribution in [2.45, 2.75) is 19.8 Å². The van der Waals surface area contributed by atoms with Gasteiger partial charge in [0, 0.05) is 35.3 Å². The number of esters is 1. The minimum Gasteiger partial charge on any atom is -0.464 e. The molecule has 0 amide bonds. The quantitative estimate of drug-likeness (QED) is 0.538. The predicted molar refractivity (Wildman–Crippen MR) is 105 cm³/mol. The molecule has 136 valence electrons. The largest absolute Gasteiger partial charge is 0.464 e. The van der Waals surface area contributed by atoms with E-state index in [1.54, 1.807) is 11.5 Å². The van der Waals surface area contributed by atoms with Crippen molar-refractivity contribution < 1.29 is 14.3 Å². The molecule has 1 N–H and O–H groups in total. The molecule has 1 atom stereocenters. The Labute approximate surface area is 156 Å². The van der Waals surface area contributed by atoms with Gasteiger partial charge in [-0.3, -0.25) is 9.36 Å². The van der Waals surface area contributed by atoms with E-state index in [0.29, 0.717) is 5.69 Å². The number of hydrogen-bond acceptors (Lipinski definition) is 3. The van der Waals surface area contributed by atoms with Gasteiger partial charge in [0.15, 0.2) is 0 Å². The van der Waals surface area contributed by atoms with Gasteiger partial charge in [0.2, 0.25) is 5.91 Å². The zero-order valence-electron chi connectivity index (χ0n) is 15.4. The fourth-order valence-corrected chi connectivity index (χ4v) is 3.84. The standard InChI is InChI=1S/C22H20N2O3/c1-13(17-12-24(14(2)25)19-11-7-5-8-15(17)19)20-16-9-4-6-10-18(16)23-21(20)22(26)27-3/h4-13,23H,1-3H3. The molecule has 0 saturated heterocycles. The monoisotopic (exact) mass is 360 g/mol. The molecule has 0 aliphatic heterocycles. The molecule has 0 bridgehead atoms. The molecule has 4 rings (SSSR count). The van der Waals surface area contributed by atoms with E-state index in [2.05, 4.69) is 4.98 Å². The van der Waals surface area contributed by atoms with Crippen molar-refractivity contribution in [2.75, 3.05) is 7.11 Å². The number of benzene rings is 2. The van der Waals surface area contributed by atoms with E-state index in [1.807, 2.05) is 61.7 Å². The first-order valence-corrected chi connectivity index (χ1v) is 8.82. The maximum atomic E-state index is 12.4. The fraction of sp³-hybridized carbons (Fsp3) is 0.182. The zero-order valence-corrected chi connectivity index (χ0v) is 15.4. The van der Waals surface area contributed by atoms with Crippen LogP contribution in [-0.4, -0.2) is 28.5 Å². The highest BCUT2D eigenvalue weighted by atomic mass is 16.5. The van der Waals surface area contributed by atoms with Gasteiger partial charge < -0.3 is 9.72 Å². The Morgan fingerprint density at radius 2 is 1.70 bits per heavy atom. The van der Waals surface area contributed by atoms with Gasteiger partial charge in [0.25, 0.3) is 0 Å². The van der Waals surface area contributed by atoms with E-state index in [0.717, 1.165) is 32.9 Å². The Balaban J connectivity index is 1.99. The number of nitrogens with zero attached hydrogens (tertiary/aromatic N) is 1. The van der Waals surface area contributed by atoms with Gasteiger partial charge in [-0.25, -0.2) is 4.79 Å². The van der Waals surface area contributed by atoms with E-state index < -0.39 is 5.97 Å². The number of para-hydroxylation sites is 2. The highest BCUT2D eigenvalue weighted by molar-refractivity contribution is 6.00. The van der Waals surface area contributed by atoms with Crippen LogP contribution in [0.1, 0.15) is 46.2 Å². The lowest BCUT2D eigenvalue weighted by Crippen LogP contribution is -2.08. The van der Waals surface area contributed by atoms with E-state index in [1.165, 1.54) is 7.11 Å². The summed E-state index contributed by atoms with van der Waals surface area (Å²) >= 11 is 0. The molecule has 0 aliphatic carbocycles. The van der Waals surface area contributed by atoms with Crippen LogP contribution in [0.5, 0.6) is 0 Å². The van der Waals surface area contributed by atoms with Crippen LogP contribution in [0.15, 0.2) is 54.7 Å². The lowest BCUT2D eigenvalue weighted by molar-refractivity contribution is 0.0593. The molecule has 2 aromatic carbocycles. The van der Waals surface area contributed by atoms with Crippen LogP contribution >= 0.6 is 0 Å². The van der Waals surface area contributed by atoms with Crippen LogP contribution in [0.3, 0.4) is 0 Å². The van der Waals surface area contributed by atoms with Crippen molar-refractivity contribution in [1.82, 2.24) is 9.55 Å². The Bertz CT molecular complexity index is 1180. The number of rotatable bonds is 3. The molecule has 5 nitrogen and oxygen atoms in total. The van der Waals surface area contributed by atoms with Crippen LogP contribution in [0.25, 0.3) is 21.8 Å². The van der Waals surface area contributed by atoms with E-state index in [9.17, 15) is 9.59 Å². The molecule has 0 spiro atoms. The maximum Gasteiger partial charge on any atom is 0.354 e. The molecule has 27 heavy (non-hydrogen) atoms. The molecule has 0 aliphatic rings. The molecule has 4 aromatic rings. The molecule has 1 unspecified atom stereocenters. The summed E-state index contributed by atoms with van der Waals surface area (Å²) in [5, 5.41) is 1.98. The Morgan fingerprint density at radius 1 is 1.04 bits per heavy atom. The highest BCUT2D eigenvalue weighted by Crippen LogP contribution is 2.37. The zero-order chi connectivity index (χ0) is 19.1. The predicted octanol–water partition coefficient (Wildman–Crippen LogP) is 4.72. The minimum absolute atomic E-state index is 0.0447. The summed E-state index contributed by atoms with van der Waals surface area (Å²) in [4.78, 5) is 27.7. The Hall–Kier alpha value is -3.34. The molecule has 2 aromatic heterocycles. The second-order valence-corrected chi connectivity index (χ2v) is 6.66. The van der Waals surface area contributed by atoms with Crippen molar-refractivity contribution in [3.05, 3.63) is 71.5 Å². The third kappa shape index (κ3) is 2.63. The number of nitrogens with one attached hydrogen (secondary N) is 1. The second-order valence-electron chi connectivity index (χ2n) is 6.66. The number of aromatic nitrogens is 2. The van der Waals surface area contributed by atoms with Crippen LogP contribution in [0, 0.1) is 0 Å². The van der Waals surface area contributed by atoms with Crippen molar-refractivity contribution in [1.29, 1.82) is 0 Å². The normalized spacial score (nSPS) is 12.4. The summed E-state index contributed by atoms with van der Waals surface area (Å²) < 4.78 is 6.65. The average Bonchev–Trinajstić information content (AvgIpc) is 3.26. The number of carbonyl (C=O) groups is 2. The summed E-state index contributed by atoms with van der Waals surface area (Å²) in [6.45, 7) is 3.60. The maximum absolute atomic E-state index is 12.4. The lowest BCUT2D eigenvalue weighted by atomic mass is 9.90. The average molecular weight is 360 g/mol. The van der Waals surface area contributed by atoms with Crippen LogP contribution in [0.4, 0.5) is 0 Å². The third-order valence-electron chi connectivity index (χ3n) is 5.12. The summed E-state index contributed by atoms with van der Waals surface area (Å²) in [6, 6.07) is 15.6. The molecule has 0 radical (unpaired) electrons. The molecule has 2 heterocycles. The van der Waals surface area contributed by atoms with Gasteiger partial charge in [-0.15, -0.1) is 0 Å². The Kier molecular flexibility index (Phi) is 4.07. The SMILES string of the molecule is COC(=O)c1[nH]c2ccccc2c1C(C)c1cn(C(C)=O)c2ccccc12.